The minimum Gasteiger partial charge on any atom is -0.477 e. The first kappa shape index (κ1) is 8.23. The molecule has 0 aliphatic heterocycles. The summed E-state index contributed by atoms with van der Waals surface area (Å²) in [5, 5.41) is 26.4. The van der Waals surface area contributed by atoms with E-state index in [0.29, 0.717) is 12.8 Å². The monoisotopic (exact) mass is 158 g/mol. The zero-order chi connectivity index (χ0) is 8.48. The molecule has 0 amide bonds. The first-order chi connectivity index (χ1) is 5.05. The van der Waals surface area contributed by atoms with E-state index in [-0.39, 0.29) is 0 Å². The summed E-state index contributed by atoms with van der Waals surface area (Å²) in [7, 11) is 0. The molecule has 0 aromatic heterocycles. The molecule has 1 aliphatic rings. The van der Waals surface area contributed by atoms with Gasteiger partial charge in [-0.15, -0.1) is 0 Å². The van der Waals surface area contributed by atoms with E-state index in [0.717, 1.165) is 0 Å². The number of allylic oxidation sites excluding steroid dienone is 2. The smallest absolute Gasteiger partial charge is 0.364 e. The average molecular weight is 158 g/mol. The fourth-order valence-electron chi connectivity index (χ4n) is 1.12. The third kappa shape index (κ3) is 1.41. The molecule has 0 heterocycles. The van der Waals surface area contributed by atoms with Crippen LogP contribution >= 0.6 is 0 Å². The van der Waals surface area contributed by atoms with E-state index in [1.165, 1.54) is 0 Å². The molecule has 3 N–H and O–H groups in total. The van der Waals surface area contributed by atoms with Crippen LogP contribution in [0.25, 0.3) is 0 Å². The lowest BCUT2D eigenvalue weighted by molar-refractivity contribution is -0.221. The van der Waals surface area contributed by atoms with Gasteiger partial charge in [0.05, 0.1) is 0 Å². The molecule has 0 unspecified atom stereocenters. The number of aliphatic hydroxyl groups is 2. The molecule has 11 heavy (non-hydrogen) atoms. The van der Waals surface area contributed by atoms with E-state index >= 15 is 0 Å². The Labute approximate surface area is 63.8 Å². The van der Waals surface area contributed by atoms with Crippen LogP contribution in [0.3, 0.4) is 0 Å². The fraction of sp³-hybridized carbons (Fsp3) is 0.571. The lowest BCUT2D eigenvalue weighted by atomic mass is 9.96. The second-order valence-electron chi connectivity index (χ2n) is 2.67. The third-order valence-electron chi connectivity index (χ3n) is 1.89. The highest BCUT2D eigenvalue weighted by molar-refractivity contribution is 5.75. The minimum absolute atomic E-state index is 0.416. The normalized spacial score (nSPS) is 19.1. The maximum Gasteiger partial charge on any atom is 0.364 e. The van der Waals surface area contributed by atoms with Crippen molar-refractivity contribution >= 4 is 5.97 Å². The molecule has 62 valence electrons. The number of carbonyl (C=O) groups is 1. The average Bonchev–Trinajstić information content (AvgIpc) is 2.37. The fourth-order valence-corrected chi connectivity index (χ4v) is 1.12. The highest BCUT2D eigenvalue weighted by Gasteiger charge is 2.42. The molecule has 0 saturated heterocycles. The standard InChI is InChI=1S/C7H10O4/c8-6(9)7(10,11)5-3-1-2-4-5/h1-2,5,10-11H,3-4H2,(H,8,9). The summed E-state index contributed by atoms with van der Waals surface area (Å²) in [5.74, 6) is -4.74. The molecule has 0 aromatic carbocycles. The number of hydrogen-bond donors (Lipinski definition) is 3. The SMILES string of the molecule is O=C(O)C(O)(O)C1CC=CC1. The Hall–Kier alpha value is -0.870. The molecule has 0 fully saturated rings. The van der Waals surface area contributed by atoms with Crippen LogP contribution in [-0.2, 0) is 4.79 Å². The number of hydrogen-bond acceptors (Lipinski definition) is 3. The summed E-state index contributed by atoms with van der Waals surface area (Å²) in [6, 6.07) is 0. The van der Waals surface area contributed by atoms with Crippen molar-refractivity contribution in [1.29, 1.82) is 0 Å². The molecule has 4 nitrogen and oxygen atoms in total. The topological polar surface area (TPSA) is 77.8 Å². The summed E-state index contributed by atoms with van der Waals surface area (Å²) >= 11 is 0. The van der Waals surface area contributed by atoms with Crippen molar-refractivity contribution in [2.75, 3.05) is 0 Å². The van der Waals surface area contributed by atoms with Crippen LogP contribution in [0.2, 0.25) is 0 Å². The largest absolute Gasteiger partial charge is 0.477 e. The summed E-state index contributed by atoms with van der Waals surface area (Å²) < 4.78 is 0. The van der Waals surface area contributed by atoms with Crippen molar-refractivity contribution in [3.8, 4) is 0 Å². The van der Waals surface area contributed by atoms with Crippen LogP contribution in [0.15, 0.2) is 12.2 Å². The molecular weight excluding hydrogens is 148 g/mol. The predicted molar refractivity (Wildman–Crippen MR) is 36.7 cm³/mol. The molecule has 0 radical (unpaired) electrons. The van der Waals surface area contributed by atoms with E-state index in [4.69, 9.17) is 15.3 Å². The van der Waals surface area contributed by atoms with Crippen LogP contribution < -0.4 is 0 Å². The van der Waals surface area contributed by atoms with Gasteiger partial charge in [-0.25, -0.2) is 4.79 Å². The minimum atomic E-state index is -2.57. The summed E-state index contributed by atoms with van der Waals surface area (Å²) in [6.45, 7) is 0. The number of carboxylic acid groups (broad SMARTS) is 1. The van der Waals surface area contributed by atoms with Gasteiger partial charge in [0.15, 0.2) is 0 Å². The van der Waals surface area contributed by atoms with Crippen molar-refractivity contribution in [3.05, 3.63) is 12.2 Å². The second-order valence-corrected chi connectivity index (χ2v) is 2.67. The molecule has 1 aliphatic carbocycles. The maximum absolute atomic E-state index is 10.3. The van der Waals surface area contributed by atoms with Gasteiger partial charge in [0.2, 0.25) is 0 Å². The zero-order valence-corrected chi connectivity index (χ0v) is 5.90. The van der Waals surface area contributed by atoms with E-state index in [1.807, 2.05) is 0 Å². The quantitative estimate of drug-likeness (QED) is 0.381. The van der Waals surface area contributed by atoms with Crippen LogP contribution in [0.4, 0.5) is 0 Å². The molecule has 0 saturated carbocycles. The second kappa shape index (κ2) is 2.64. The highest BCUT2D eigenvalue weighted by atomic mass is 16.5. The van der Waals surface area contributed by atoms with Crippen molar-refractivity contribution in [2.24, 2.45) is 5.92 Å². The molecule has 0 bridgehead atoms. The lowest BCUT2D eigenvalue weighted by Gasteiger charge is -2.22. The van der Waals surface area contributed by atoms with E-state index in [2.05, 4.69) is 0 Å². The van der Waals surface area contributed by atoms with E-state index < -0.39 is 17.7 Å². The van der Waals surface area contributed by atoms with Gasteiger partial charge in [-0.3, -0.25) is 0 Å². The Balaban J connectivity index is 2.65. The molecular formula is C7H10O4. The Bertz CT molecular complexity index is 187. The Morgan fingerprint density at radius 3 is 2.18 bits per heavy atom. The van der Waals surface area contributed by atoms with Gasteiger partial charge in [0, 0.05) is 5.92 Å². The van der Waals surface area contributed by atoms with Gasteiger partial charge in [0.25, 0.3) is 5.79 Å². The molecule has 0 spiro atoms. The van der Waals surface area contributed by atoms with Crippen molar-refractivity contribution in [1.82, 2.24) is 0 Å². The molecule has 1 rings (SSSR count). The molecule has 4 heteroatoms. The van der Waals surface area contributed by atoms with Gasteiger partial charge in [-0.2, -0.15) is 0 Å². The molecule has 0 aromatic rings. The van der Waals surface area contributed by atoms with Gasteiger partial charge in [-0.05, 0) is 12.8 Å². The van der Waals surface area contributed by atoms with Crippen LogP contribution in [-0.4, -0.2) is 27.1 Å². The first-order valence-corrected chi connectivity index (χ1v) is 3.38. The van der Waals surface area contributed by atoms with Gasteiger partial charge < -0.3 is 15.3 Å². The van der Waals surface area contributed by atoms with Gasteiger partial charge >= 0.3 is 5.97 Å². The van der Waals surface area contributed by atoms with E-state index in [9.17, 15) is 4.79 Å². The Kier molecular flexibility index (Phi) is 1.97. The number of carboxylic acids is 1. The molecule has 0 atom stereocenters. The summed E-state index contributed by atoms with van der Waals surface area (Å²) in [6.07, 6.45) is 4.32. The van der Waals surface area contributed by atoms with Crippen LogP contribution in [0, 0.1) is 5.92 Å². The Morgan fingerprint density at radius 2 is 1.82 bits per heavy atom. The summed E-state index contributed by atoms with van der Waals surface area (Å²) in [5.41, 5.74) is 0. The number of aliphatic carboxylic acids is 1. The zero-order valence-electron chi connectivity index (χ0n) is 5.90. The summed E-state index contributed by atoms with van der Waals surface area (Å²) in [4.78, 5) is 10.3. The van der Waals surface area contributed by atoms with E-state index in [1.54, 1.807) is 12.2 Å². The highest BCUT2D eigenvalue weighted by Crippen LogP contribution is 2.27. The maximum atomic E-state index is 10.3. The van der Waals surface area contributed by atoms with Crippen LogP contribution in [0.1, 0.15) is 12.8 Å². The van der Waals surface area contributed by atoms with Crippen molar-refractivity contribution in [3.63, 3.8) is 0 Å². The van der Waals surface area contributed by atoms with Crippen LogP contribution in [0.5, 0.6) is 0 Å². The first-order valence-electron chi connectivity index (χ1n) is 3.38. The van der Waals surface area contributed by atoms with Crippen molar-refractivity contribution in [2.45, 2.75) is 18.6 Å². The van der Waals surface area contributed by atoms with Gasteiger partial charge in [-0.1, -0.05) is 12.2 Å². The van der Waals surface area contributed by atoms with Gasteiger partial charge in [0.1, 0.15) is 0 Å². The predicted octanol–water partition coefficient (Wildman–Crippen LogP) is -0.282. The van der Waals surface area contributed by atoms with Crippen molar-refractivity contribution < 1.29 is 20.1 Å². The third-order valence-corrected chi connectivity index (χ3v) is 1.89. The number of rotatable bonds is 2. The lowest BCUT2D eigenvalue weighted by Crippen LogP contribution is -2.44. The Morgan fingerprint density at radius 1 is 1.36 bits per heavy atom.